The van der Waals surface area contributed by atoms with Gasteiger partial charge in [0.15, 0.2) is 0 Å². The first-order valence-electron chi connectivity index (χ1n) is 5.64. The number of fused-ring (bicyclic) bond motifs is 5. The maximum Gasteiger partial charge on any atom is 0.0587 e. The lowest BCUT2D eigenvalue weighted by atomic mass is 10.0. The molecule has 0 spiro atoms. The first-order valence-corrected chi connectivity index (χ1v) is 5.64. The van der Waals surface area contributed by atoms with E-state index in [0.29, 0.717) is 0 Å². The fraction of sp³-hybridized carbons (Fsp3) is 1.00. The van der Waals surface area contributed by atoms with Crippen molar-refractivity contribution in [3.63, 3.8) is 0 Å². The summed E-state index contributed by atoms with van der Waals surface area (Å²) in [5.41, 5.74) is 0. The van der Waals surface area contributed by atoms with Crippen molar-refractivity contribution >= 4 is 0 Å². The lowest BCUT2D eigenvalue weighted by Gasteiger charge is -2.09. The molecule has 0 radical (unpaired) electrons. The van der Waals surface area contributed by atoms with Gasteiger partial charge in [0.25, 0.3) is 0 Å². The van der Waals surface area contributed by atoms with Crippen LogP contribution in [0.1, 0.15) is 19.3 Å². The second-order valence-electron chi connectivity index (χ2n) is 4.96. The molecule has 74 valence electrons. The Bertz CT molecular complexity index is 190. The van der Waals surface area contributed by atoms with Crippen LogP contribution in [0.25, 0.3) is 0 Å². The van der Waals surface area contributed by atoms with Crippen molar-refractivity contribution in [3.05, 3.63) is 0 Å². The van der Waals surface area contributed by atoms with E-state index in [-0.39, 0.29) is 0 Å². The number of hydrogen-bond acceptors (Lipinski definition) is 2. The molecule has 0 aromatic rings. The van der Waals surface area contributed by atoms with Gasteiger partial charge in [0, 0.05) is 19.7 Å². The fourth-order valence-corrected chi connectivity index (χ4v) is 3.93. The molecule has 0 aliphatic heterocycles. The first-order chi connectivity index (χ1) is 6.42. The molecule has 0 aromatic carbocycles. The minimum Gasteiger partial charge on any atom is -0.383 e. The third kappa shape index (κ3) is 1.15. The van der Waals surface area contributed by atoms with Crippen molar-refractivity contribution in [2.24, 2.45) is 23.7 Å². The van der Waals surface area contributed by atoms with Crippen molar-refractivity contribution in [2.75, 3.05) is 20.3 Å². The van der Waals surface area contributed by atoms with Crippen LogP contribution in [-0.4, -0.2) is 26.3 Å². The summed E-state index contributed by atoms with van der Waals surface area (Å²) in [5, 5.41) is 3.64. The molecular formula is C11H19NO. The fourth-order valence-electron chi connectivity index (χ4n) is 3.93. The minimum atomic E-state index is 0.866. The van der Waals surface area contributed by atoms with Gasteiger partial charge in [0.2, 0.25) is 0 Å². The average Bonchev–Trinajstić information content (AvgIpc) is 2.58. The Labute approximate surface area is 80.0 Å². The first kappa shape index (κ1) is 8.25. The van der Waals surface area contributed by atoms with Gasteiger partial charge < -0.3 is 10.1 Å². The Kier molecular flexibility index (Phi) is 1.88. The number of nitrogens with one attached hydrogen (secondary N) is 1. The Morgan fingerprint density at radius 3 is 2.54 bits per heavy atom. The molecule has 3 fully saturated rings. The second-order valence-corrected chi connectivity index (χ2v) is 4.96. The van der Waals surface area contributed by atoms with E-state index < -0.39 is 0 Å². The van der Waals surface area contributed by atoms with Gasteiger partial charge >= 0.3 is 0 Å². The molecule has 3 aliphatic rings. The van der Waals surface area contributed by atoms with Crippen molar-refractivity contribution in [3.8, 4) is 0 Å². The van der Waals surface area contributed by atoms with Crippen LogP contribution in [0.15, 0.2) is 0 Å². The van der Waals surface area contributed by atoms with Crippen LogP contribution in [0.3, 0.4) is 0 Å². The highest BCUT2D eigenvalue weighted by molar-refractivity contribution is 5.16. The summed E-state index contributed by atoms with van der Waals surface area (Å²) in [5.74, 6) is 4.32. The molecular weight excluding hydrogens is 162 g/mol. The van der Waals surface area contributed by atoms with Crippen LogP contribution in [-0.2, 0) is 4.74 Å². The van der Waals surface area contributed by atoms with Gasteiger partial charge in [-0.1, -0.05) is 0 Å². The number of rotatable bonds is 4. The van der Waals surface area contributed by atoms with E-state index in [0.717, 1.165) is 42.9 Å². The predicted molar refractivity (Wildman–Crippen MR) is 51.5 cm³/mol. The zero-order valence-electron chi connectivity index (χ0n) is 8.33. The Morgan fingerprint density at radius 2 is 1.92 bits per heavy atom. The zero-order valence-corrected chi connectivity index (χ0v) is 8.33. The number of methoxy groups -OCH3 is 1. The van der Waals surface area contributed by atoms with E-state index in [9.17, 15) is 0 Å². The van der Waals surface area contributed by atoms with Gasteiger partial charge in [0.1, 0.15) is 0 Å². The predicted octanol–water partition coefficient (Wildman–Crippen LogP) is 1.27. The smallest absolute Gasteiger partial charge is 0.0587 e. The van der Waals surface area contributed by atoms with E-state index in [2.05, 4.69) is 5.32 Å². The minimum absolute atomic E-state index is 0.866. The van der Waals surface area contributed by atoms with Crippen molar-refractivity contribution < 1.29 is 4.74 Å². The summed E-state index contributed by atoms with van der Waals surface area (Å²) < 4.78 is 5.05. The van der Waals surface area contributed by atoms with Gasteiger partial charge in [0.05, 0.1) is 6.61 Å². The van der Waals surface area contributed by atoms with Gasteiger partial charge in [-0.3, -0.25) is 0 Å². The highest BCUT2D eigenvalue weighted by Gasteiger charge is 2.64. The lowest BCUT2D eigenvalue weighted by molar-refractivity contribution is 0.197. The monoisotopic (exact) mass is 181 g/mol. The number of hydrogen-bond donors (Lipinski definition) is 1. The van der Waals surface area contributed by atoms with Gasteiger partial charge in [-0.15, -0.1) is 0 Å². The molecule has 0 saturated heterocycles. The van der Waals surface area contributed by atoms with E-state index in [4.69, 9.17) is 4.74 Å². The van der Waals surface area contributed by atoms with Gasteiger partial charge in [-0.25, -0.2) is 0 Å². The Morgan fingerprint density at radius 1 is 1.23 bits per heavy atom. The molecule has 3 rings (SSSR count). The molecule has 4 atom stereocenters. The van der Waals surface area contributed by atoms with Crippen LogP contribution in [0.5, 0.6) is 0 Å². The molecule has 13 heavy (non-hydrogen) atoms. The van der Waals surface area contributed by atoms with Crippen molar-refractivity contribution in [2.45, 2.75) is 25.3 Å². The molecule has 1 N–H and O–H groups in total. The van der Waals surface area contributed by atoms with E-state index in [1.807, 2.05) is 0 Å². The second kappa shape index (κ2) is 2.96. The Hall–Kier alpha value is -0.0800. The molecule has 2 nitrogen and oxygen atoms in total. The molecule has 4 unspecified atom stereocenters. The highest BCUT2D eigenvalue weighted by Crippen LogP contribution is 2.65. The Balaban J connectivity index is 1.50. The van der Waals surface area contributed by atoms with E-state index >= 15 is 0 Å². The third-order valence-corrected chi connectivity index (χ3v) is 4.42. The molecule has 0 amide bonds. The van der Waals surface area contributed by atoms with Crippen LogP contribution < -0.4 is 5.32 Å². The SMILES string of the molecule is COCCNC1C2C3CCC(C3)C12. The molecule has 0 aromatic heterocycles. The summed E-state index contributed by atoms with van der Waals surface area (Å²) >= 11 is 0. The molecule has 2 heteroatoms. The highest BCUT2D eigenvalue weighted by atomic mass is 16.5. The normalized spacial score (nSPS) is 51.0. The van der Waals surface area contributed by atoms with Crippen molar-refractivity contribution in [1.29, 1.82) is 0 Å². The zero-order chi connectivity index (χ0) is 8.84. The largest absolute Gasteiger partial charge is 0.383 e. The third-order valence-electron chi connectivity index (χ3n) is 4.42. The quantitative estimate of drug-likeness (QED) is 0.659. The standard InChI is InChI=1S/C11H19NO/c1-13-5-4-12-11-9-7-2-3-8(6-7)10(9)11/h7-12H,2-6H2,1H3. The van der Waals surface area contributed by atoms with Crippen LogP contribution >= 0.6 is 0 Å². The van der Waals surface area contributed by atoms with E-state index in [1.54, 1.807) is 13.5 Å². The molecule has 0 heterocycles. The molecule has 2 bridgehead atoms. The maximum atomic E-state index is 5.05. The van der Waals surface area contributed by atoms with E-state index in [1.165, 1.54) is 12.8 Å². The number of ether oxygens (including phenoxy) is 1. The van der Waals surface area contributed by atoms with Crippen LogP contribution in [0.2, 0.25) is 0 Å². The summed E-state index contributed by atoms with van der Waals surface area (Å²) in [6, 6.07) is 0.876. The molecule has 3 aliphatic carbocycles. The van der Waals surface area contributed by atoms with Gasteiger partial charge in [-0.2, -0.15) is 0 Å². The lowest BCUT2D eigenvalue weighted by Crippen LogP contribution is -2.26. The summed E-state index contributed by atoms with van der Waals surface area (Å²) in [6.07, 6.45) is 4.60. The molecule has 3 saturated carbocycles. The summed E-state index contributed by atoms with van der Waals surface area (Å²) in [4.78, 5) is 0. The van der Waals surface area contributed by atoms with Gasteiger partial charge in [-0.05, 0) is 42.9 Å². The average molecular weight is 181 g/mol. The summed E-state index contributed by atoms with van der Waals surface area (Å²) in [7, 11) is 1.78. The topological polar surface area (TPSA) is 21.3 Å². The van der Waals surface area contributed by atoms with Crippen LogP contribution in [0.4, 0.5) is 0 Å². The summed E-state index contributed by atoms with van der Waals surface area (Å²) in [6.45, 7) is 1.92. The maximum absolute atomic E-state index is 5.05. The van der Waals surface area contributed by atoms with Crippen LogP contribution in [0, 0.1) is 23.7 Å². The van der Waals surface area contributed by atoms with Crippen molar-refractivity contribution in [1.82, 2.24) is 5.32 Å².